The molecule has 2 aliphatic carbocycles. The van der Waals surface area contributed by atoms with E-state index in [0.29, 0.717) is 0 Å². The van der Waals surface area contributed by atoms with E-state index in [9.17, 15) is 0 Å². The van der Waals surface area contributed by atoms with E-state index in [2.05, 4.69) is 0 Å². The van der Waals surface area contributed by atoms with Crippen molar-refractivity contribution in [3.05, 3.63) is 48.0 Å². The lowest BCUT2D eigenvalue weighted by Gasteiger charge is -2.11. The second-order valence-corrected chi connectivity index (χ2v) is 2.02. The van der Waals surface area contributed by atoms with Crippen LogP contribution >= 0.6 is 0 Å². The van der Waals surface area contributed by atoms with Gasteiger partial charge in [0.05, 0.1) is 0 Å². The Labute approximate surface area is 58.7 Å². The van der Waals surface area contributed by atoms with Crippen molar-refractivity contribution in [2.45, 2.75) is 0 Å². The van der Waals surface area contributed by atoms with E-state index >= 15 is 0 Å². The van der Waals surface area contributed by atoms with E-state index in [1.165, 1.54) is 0 Å². The Kier molecular flexibility index (Phi) is 1.10. The van der Waals surface area contributed by atoms with E-state index in [1.54, 1.807) is 0 Å². The Morgan fingerprint density at radius 3 is 1.40 bits per heavy atom. The van der Waals surface area contributed by atoms with Gasteiger partial charge in [-0.1, -0.05) is 12.2 Å². The zero-order valence-corrected chi connectivity index (χ0v) is 5.28. The van der Waals surface area contributed by atoms with Gasteiger partial charge in [0.1, 0.15) is 0 Å². The smallest absolute Gasteiger partial charge is 0.178 e. The van der Waals surface area contributed by atoms with Crippen LogP contribution in [0.1, 0.15) is 0 Å². The summed E-state index contributed by atoms with van der Waals surface area (Å²) in [6.45, 7) is 0. The largest absolute Gasteiger partial charge is 0.290 e. The Bertz CT molecular complexity index is 228. The molecule has 0 radical (unpaired) electrons. The summed E-state index contributed by atoms with van der Waals surface area (Å²) in [6.07, 6.45) is 11.1. The number of allylic oxidation sites excluding steroid dienone is 6. The van der Waals surface area contributed by atoms with Crippen molar-refractivity contribution in [1.29, 1.82) is 0 Å². The standard InChI is InChI=1S/C8H6O2/c1-3-7(4-1)9-10-8-5-2-6-8/h1-6H. The van der Waals surface area contributed by atoms with Crippen LogP contribution in [0, 0.1) is 0 Å². The monoisotopic (exact) mass is 134 g/mol. The highest BCUT2D eigenvalue weighted by Gasteiger charge is 2.03. The molecule has 0 fully saturated rings. The Hall–Kier alpha value is -1.44. The van der Waals surface area contributed by atoms with Crippen molar-refractivity contribution in [3.8, 4) is 0 Å². The molecule has 0 amide bonds. The maximum absolute atomic E-state index is 4.84. The van der Waals surface area contributed by atoms with Crippen molar-refractivity contribution in [2.24, 2.45) is 0 Å². The summed E-state index contributed by atoms with van der Waals surface area (Å²) in [4.78, 5) is 9.67. The molecule has 0 saturated carbocycles. The van der Waals surface area contributed by atoms with Crippen LogP contribution in [0.5, 0.6) is 0 Å². The third kappa shape index (κ3) is 0.838. The van der Waals surface area contributed by atoms with Crippen LogP contribution in [-0.4, -0.2) is 0 Å². The molecule has 0 N–H and O–H groups in total. The minimum absolute atomic E-state index is 0.765. The van der Waals surface area contributed by atoms with Gasteiger partial charge in [-0.05, 0) is 24.3 Å². The minimum Gasteiger partial charge on any atom is -0.290 e. The SMILES string of the molecule is C1=CC(OOC2=CC=C2)=C1. The van der Waals surface area contributed by atoms with Crippen LogP contribution in [0.25, 0.3) is 0 Å². The van der Waals surface area contributed by atoms with Crippen LogP contribution in [0.4, 0.5) is 0 Å². The summed E-state index contributed by atoms with van der Waals surface area (Å²) in [7, 11) is 0. The maximum Gasteiger partial charge on any atom is 0.178 e. The van der Waals surface area contributed by atoms with Crippen LogP contribution in [0.3, 0.4) is 0 Å². The molecule has 0 atom stereocenters. The van der Waals surface area contributed by atoms with Gasteiger partial charge in [0.25, 0.3) is 0 Å². The highest BCUT2D eigenvalue weighted by molar-refractivity contribution is 5.31. The summed E-state index contributed by atoms with van der Waals surface area (Å²) in [6, 6.07) is 0. The Morgan fingerprint density at radius 1 is 0.800 bits per heavy atom. The molecule has 0 aromatic carbocycles. The third-order valence-corrected chi connectivity index (χ3v) is 1.28. The molecule has 0 bridgehead atoms. The van der Waals surface area contributed by atoms with Crippen molar-refractivity contribution in [3.63, 3.8) is 0 Å². The first-order valence-corrected chi connectivity index (χ1v) is 3.06. The summed E-state index contributed by atoms with van der Waals surface area (Å²) >= 11 is 0. The second kappa shape index (κ2) is 2.06. The van der Waals surface area contributed by atoms with Gasteiger partial charge in [-0.15, -0.1) is 0 Å². The molecule has 0 spiro atoms. The summed E-state index contributed by atoms with van der Waals surface area (Å²) in [5.41, 5.74) is 0. The lowest BCUT2D eigenvalue weighted by Crippen LogP contribution is -1.97. The molecule has 0 unspecified atom stereocenters. The molecular weight excluding hydrogens is 128 g/mol. The second-order valence-electron chi connectivity index (χ2n) is 2.02. The average molecular weight is 134 g/mol. The Balaban J connectivity index is 1.73. The number of hydrogen-bond donors (Lipinski definition) is 0. The molecule has 2 nitrogen and oxygen atoms in total. The number of rotatable bonds is 3. The van der Waals surface area contributed by atoms with E-state index in [0.717, 1.165) is 11.5 Å². The molecule has 0 aliphatic heterocycles. The lowest BCUT2D eigenvalue weighted by atomic mass is 10.2. The first kappa shape index (κ1) is 5.35. The van der Waals surface area contributed by atoms with Gasteiger partial charge in [0, 0.05) is 0 Å². The zero-order chi connectivity index (χ0) is 6.81. The first-order valence-electron chi connectivity index (χ1n) is 3.06. The molecule has 0 aromatic heterocycles. The quantitative estimate of drug-likeness (QED) is 0.433. The van der Waals surface area contributed by atoms with Gasteiger partial charge < -0.3 is 0 Å². The Morgan fingerprint density at radius 2 is 1.20 bits per heavy atom. The first-order chi connectivity index (χ1) is 4.95. The zero-order valence-electron chi connectivity index (χ0n) is 5.28. The highest BCUT2D eigenvalue weighted by atomic mass is 17.2. The van der Waals surface area contributed by atoms with Gasteiger partial charge in [0.15, 0.2) is 11.5 Å². The van der Waals surface area contributed by atoms with E-state index in [1.807, 2.05) is 36.5 Å². The van der Waals surface area contributed by atoms with E-state index in [-0.39, 0.29) is 0 Å². The van der Waals surface area contributed by atoms with Crippen LogP contribution < -0.4 is 0 Å². The molecule has 10 heavy (non-hydrogen) atoms. The van der Waals surface area contributed by atoms with Crippen molar-refractivity contribution < 1.29 is 9.78 Å². The van der Waals surface area contributed by atoms with Crippen LogP contribution in [0.2, 0.25) is 0 Å². The summed E-state index contributed by atoms with van der Waals surface area (Å²) in [5.74, 6) is 1.53. The molecule has 50 valence electrons. The van der Waals surface area contributed by atoms with E-state index < -0.39 is 0 Å². The average Bonchev–Trinajstić information content (AvgIpc) is 1.70. The maximum atomic E-state index is 4.84. The summed E-state index contributed by atoms with van der Waals surface area (Å²) in [5, 5.41) is 0. The molecular formula is C8H6O2. The predicted molar refractivity (Wildman–Crippen MR) is 36.6 cm³/mol. The fraction of sp³-hybridized carbons (Fsp3) is 0. The van der Waals surface area contributed by atoms with Crippen molar-refractivity contribution in [2.75, 3.05) is 0 Å². The van der Waals surface area contributed by atoms with Gasteiger partial charge in [-0.3, -0.25) is 9.78 Å². The summed E-state index contributed by atoms with van der Waals surface area (Å²) < 4.78 is 0. The van der Waals surface area contributed by atoms with Gasteiger partial charge in [0.2, 0.25) is 0 Å². The van der Waals surface area contributed by atoms with Crippen molar-refractivity contribution >= 4 is 0 Å². The fourth-order valence-electron chi connectivity index (χ4n) is 0.557. The van der Waals surface area contributed by atoms with Crippen LogP contribution in [-0.2, 0) is 9.78 Å². The molecule has 0 saturated heterocycles. The normalized spacial score (nSPS) is 18.4. The highest BCUT2D eigenvalue weighted by Crippen LogP contribution is 2.15. The van der Waals surface area contributed by atoms with Gasteiger partial charge in [-0.25, -0.2) is 0 Å². The molecule has 2 heteroatoms. The molecule has 0 aromatic rings. The molecule has 0 heterocycles. The molecule has 2 rings (SSSR count). The minimum atomic E-state index is 0.765. The van der Waals surface area contributed by atoms with E-state index in [4.69, 9.17) is 9.78 Å². The topological polar surface area (TPSA) is 18.5 Å². The van der Waals surface area contributed by atoms with Gasteiger partial charge in [-0.2, -0.15) is 0 Å². The van der Waals surface area contributed by atoms with Crippen LogP contribution in [0.15, 0.2) is 48.0 Å². The third-order valence-electron chi connectivity index (χ3n) is 1.28. The lowest BCUT2D eigenvalue weighted by molar-refractivity contribution is -0.219. The fourth-order valence-corrected chi connectivity index (χ4v) is 0.557. The molecule has 2 aliphatic rings. The van der Waals surface area contributed by atoms with Crippen molar-refractivity contribution in [1.82, 2.24) is 0 Å². The van der Waals surface area contributed by atoms with Gasteiger partial charge >= 0.3 is 0 Å². The predicted octanol–water partition coefficient (Wildman–Crippen LogP) is 1.84. The number of hydrogen-bond acceptors (Lipinski definition) is 2.